The van der Waals surface area contributed by atoms with E-state index in [1.807, 2.05) is 6.07 Å². The second-order valence-corrected chi connectivity index (χ2v) is 8.70. The SMILES string of the molecule is CCC(=O)NC(=Nc1cc(S(=O)c2ccccc2)ccc1N(C(N)=O)c1ccccc1)NC(=O)OC. The number of anilines is 2. The van der Waals surface area contributed by atoms with Gasteiger partial charge in [0.1, 0.15) is 0 Å². The van der Waals surface area contributed by atoms with Gasteiger partial charge in [0.2, 0.25) is 11.9 Å². The number of nitrogens with one attached hydrogen (secondary N) is 2. The van der Waals surface area contributed by atoms with Gasteiger partial charge in [0.25, 0.3) is 0 Å². The normalized spacial score (nSPS) is 11.8. The number of nitrogens with zero attached hydrogens (tertiary/aromatic N) is 2. The Bertz CT molecular complexity index is 1280. The summed E-state index contributed by atoms with van der Waals surface area (Å²) < 4.78 is 17.8. The molecule has 0 heterocycles. The third-order valence-corrected chi connectivity index (χ3v) is 6.19. The number of urea groups is 1. The lowest BCUT2D eigenvalue weighted by atomic mass is 10.2. The van der Waals surface area contributed by atoms with Crippen LogP contribution in [0.2, 0.25) is 0 Å². The van der Waals surface area contributed by atoms with Gasteiger partial charge in [-0.1, -0.05) is 43.3 Å². The Kier molecular flexibility index (Phi) is 8.89. The Morgan fingerprint density at radius 1 is 0.944 bits per heavy atom. The highest BCUT2D eigenvalue weighted by Gasteiger charge is 2.21. The maximum atomic E-state index is 13.2. The summed E-state index contributed by atoms with van der Waals surface area (Å²) in [4.78, 5) is 43.0. The first-order valence-corrected chi connectivity index (χ1v) is 12.0. The average molecular weight is 508 g/mol. The molecule has 0 aliphatic rings. The quantitative estimate of drug-likeness (QED) is 0.342. The van der Waals surface area contributed by atoms with E-state index in [4.69, 9.17) is 5.73 Å². The van der Waals surface area contributed by atoms with Gasteiger partial charge in [-0.3, -0.25) is 20.3 Å². The van der Waals surface area contributed by atoms with Gasteiger partial charge in [-0.05, 0) is 42.5 Å². The Morgan fingerprint density at radius 2 is 1.58 bits per heavy atom. The van der Waals surface area contributed by atoms with Crippen LogP contribution in [0.4, 0.5) is 26.7 Å². The standard InChI is InChI=1S/C25H25N5O5S/c1-3-22(31)28-24(29-25(33)35-2)27-20-16-19(36(34)18-12-8-5-9-13-18)14-15-21(20)30(23(26)32)17-10-6-4-7-11-17/h4-16H,3H2,1-2H3,(H2,26,32)(H2,27,28,29,31,33). The van der Waals surface area contributed by atoms with Gasteiger partial charge in [0, 0.05) is 16.2 Å². The fourth-order valence-electron chi connectivity index (χ4n) is 3.12. The number of benzene rings is 3. The molecule has 3 aromatic rings. The Morgan fingerprint density at radius 3 is 2.17 bits per heavy atom. The number of aliphatic imine (C=N–C) groups is 1. The van der Waals surface area contributed by atoms with E-state index in [1.165, 1.54) is 11.0 Å². The molecule has 36 heavy (non-hydrogen) atoms. The van der Waals surface area contributed by atoms with Crippen molar-refractivity contribution >= 4 is 51.9 Å². The molecule has 0 aromatic heterocycles. The number of carbonyl (C=O) groups excluding carboxylic acids is 3. The molecule has 186 valence electrons. The number of amides is 4. The highest BCUT2D eigenvalue weighted by molar-refractivity contribution is 7.85. The second kappa shape index (κ2) is 12.3. The number of nitrogens with two attached hydrogens (primary N) is 1. The van der Waals surface area contributed by atoms with E-state index < -0.39 is 28.8 Å². The van der Waals surface area contributed by atoms with Gasteiger partial charge in [0.15, 0.2) is 0 Å². The first-order chi connectivity index (χ1) is 17.3. The van der Waals surface area contributed by atoms with E-state index in [0.29, 0.717) is 15.5 Å². The van der Waals surface area contributed by atoms with E-state index in [1.54, 1.807) is 73.7 Å². The number of para-hydroxylation sites is 1. The fourth-order valence-corrected chi connectivity index (χ4v) is 4.20. The highest BCUT2D eigenvalue weighted by atomic mass is 32.2. The molecule has 3 rings (SSSR count). The molecule has 0 fully saturated rings. The van der Waals surface area contributed by atoms with Crippen LogP contribution in [0, 0.1) is 0 Å². The largest absolute Gasteiger partial charge is 0.453 e. The third kappa shape index (κ3) is 6.54. The van der Waals surface area contributed by atoms with Crippen LogP contribution in [-0.4, -0.2) is 35.3 Å². The molecule has 0 bridgehead atoms. The van der Waals surface area contributed by atoms with Gasteiger partial charge in [-0.2, -0.15) is 0 Å². The minimum atomic E-state index is -1.58. The molecular weight excluding hydrogens is 482 g/mol. The average Bonchev–Trinajstić information content (AvgIpc) is 2.89. The van der Waals surface area contributed by atoms with Crippen molar-refractivity contribution in [3.05, 3.63) is 78.9 Å². The van der Waals surface area contributed by atoms with Crippen molar-refractivity contribution in [2.24, 2.45) is 10.7 Å². The Labute approximate surface area is 210 Å². The molecule has 4 amide bonds. The second-order valence-electron chi connectivity index (χ2n) is 7.22. The van der Waals surface area contributed by atoms with Crippen LogP contribution in [0.25, 0.3) is 0 Å². The van der Waals surface area contributed by atoms with Gasteiger partial charge in [0.05, 0.1) is 35.0 Å². The molecule has 0 aliphatic carbocycles. The van der Waals surface area contributed by atoms with Crippen molar-refractivity contribution in [2.75, 3.05) is 12.0 Å². The number of guanidine groups is 1. The number of primary amides is 1. The summed E-state index contributed by atoms with van der Waals surface area (Å²) in [5, 5.41) is 4.83. The number of hydrogen-bond acceptors (Lipinski definition) is 6. The van der Waals surface area contributed by atoms with Crippen molar-refractivity contribution in [2.45, 2.75) is 23.1 Å². The molecule has 0 saturated carbocycles. The summed E-state index contributed by atoms with van der Waals surface area (Å²) in [6.45, 7) is 1.63. The zero-order valence-electron chi connectivity index (χ0n) is 19.6. The summed E-state index contributed by atoms with van der Waals surface area (Å²) in [6, 6.07) is 21.2. The summed E-state index contributed by atoms with van der Waals surface area (Å²) in [7, 11) is -0.416. The van der Waals surface area contributed by atoms with Crippen LogP contribution >= 0.6 is 0 Å². The minimum Gasteiger partial charge on any atom is -0.453 e. The van der Waals surface area contributed by atoms with E-state index in [-0.39, 0.29) is 23.8 Å². The molecule has 0 aliphatic heterocycles. The van der Waals surface area contributed by atoms with Crippen LogP contribution < -0.4 is 21.3 Å². The number of rotatable bonds is 6. The molecular formula is C25H25N5O5S. The van der Waals surface area contributed by atoms with Crippen LogP contribution in [-0.2, 0) is 20.3 Å². The lowest BCUT2D eigenvalue weighted by molar-refractivity contribution is -0.119. The lowest BCUT2D eigenvalue weighted by Crippen LogP contribution is -2.43. The number of methoxy groups -OCH3 is 1. The fraction of sp³-hybridized carbons (Fsp3) is 0.120. The summed E-state index contributed by atoms with van der Waals surface area (Å²) in [6.07, 6.45) is -0.755. The van der Waals surface area contributed by atoms with Crippen LogP contribution in [0.3, 0.4) is 0 Å². The van der Waals surface area contributed by atoms with Crippen LogP contribution in [0.5, 0.6) is 0 Å². The summed E-state index contributed by atoms with van der Waals surface area (Å²) in [5.41, 5.74) is 6.52. The minimum absolute atomic E-state index is 0.113. The predicted octanol–water partition coefficient (Wildman–Crippen LogP) is 3.94. The third-order valence-electron chi connectivity index (χ3n) is 4.81. The van der Waals surface area contributed by atoms with Crippen molar-refractivity contribution in [3.63, 3.8) is 0 Å². The molecule has 0 spiro atoms. The lowest BCUT2D eigenvalue weighted by Gasteiger charge is -2.23. The zero-order valence-corrected chi connectivity index (χ0v) is 20.5. The van der Waals surface area contributed by atoms with E-state index >= 15 is 0 Å². The molecule has 11 heteroatoms. The molecule has 0 saturated heterocycles. The maximum Gasteiger partial charge on any atom is 0.413 e. The summed E-state index contributed by atoms with van der Waals surface area (Å²) >= 11 is 0. The monoisotopic (exact) mass is 507 g/mol. The molecule has 3 aromatic carbocycles. The van der Waals surface area contributed by atoms with Crippen LogP contribution in [0.15, 0.2) is 93.6 Å². The number of alkyl carbamates (subject to hydrolysis) is 1. The van der Waals surface area contributed by atoms with Crippen molar-refractivity contribution in [1.29, 1.82) is 0 Å². The number of hydrogen-bond donors (Lipinski definition) is 3. The Hall–Kier alpha value is -4.51. The summed E-state index contributed by atoms with van der Waals surface area (Å²) in [5.74, 6) is -0.666. The molecule has 10 nitrogen and oxygen atoms in total. The highest BCUT2D eigenvalue weighted by Crippen LogP contribution is 2.36. The molecule has 1 atom stereocenters. The van der Waals surface area contributed by atoms with E-state index in [2.05, 4.69) is 20.4 Å². The number of carbonyl (C=O) groups is 3. The molecule has 0 radical (unpaired) electrons. The molecule has 4 N–H and O–H groups in total. The number of ether oxygens (including phenoxy) is 1. The Balaban J connectivity index is 2.20. The van der Waals surface area contributed by atoms with Gasteiger partial charge in [-0.25, -0.2) is 18.8 Å². The first-order valence-electron chi connectivity index (χ1n) is 10.8. The molecule has 1 unspecified atom stereocenters. The van der Waals surface area contributed by atoms with Gasteiger partial charge >= 0.3 is 12.1 Å². The predicted molar refractivity (Wildman–Crippen MR) is 137 cm³/mol. The van der Waals surface area contributed by atoms with Crippen molar-refractivity contribution < 1.29 is 23.3 Å². The maximum absolute atomic E-state index is 13.2. The van der Waals surface area contributed by atoms with Gasteiger partial charge < -0.3 is 10.5 Å². The van der Waals surface area contributed by atoms with E-state index in [9.17, 15) is 18.6 Å². The zero-order chi connectivity index (χ0) is 26.1. The van der Waals surface area contributed by atoms with Gasteiger partial charge in [-0.15, -0.1) is 0 Å². The first kappa shape index (κ1) is 26.1. The van der Waals surface area contributed by atoms with Crippen LogP contribution in [0.1, 0.15) is 13.3 Å². The topological polar surface area (TPSA) is 143 Å². The van der Waals surface area contributed by atoms with Crippen molar-refractivity contribution in [3.8, 4) is 0 Å². The van der Waals surface area contributed by atoms with E-state index in [0.717, 1.165) is 7.11 Å². The van der Waals surface area contributed by atoms with Crippen molar-refractivity contribution in [1.82, 2.24) is 10.6 Å². The smallest absolute Gasteiger partial charge is 0.413 e.